The van der Waals surface area contributed by atoms with E-state index >= 15 is 0 Å². The van der Waals surface area contributed by atoms with Crippen molar-refractivity contribution in [3.8, 4) is 0 Å². The molecule has 5 nitrogen and oxygen atoms in total. The Balaban J connectivity index is 2.56. The Morgan fingerprint density at radius 3 is 2.53 bits per heavy atom. The van der Waals surface area contributed by atoms with Gasteiger partial charge in [-0.1, -0.05) is 13.8 Å². The number of hydrogen-bond acceptors (Lipinski definition) is 3. The molecule has 0 amide bonds. The molecule has 1 rings (SSSR count). The van der Waals surface area contributed by atoms with Gasteiger partial charge in [0.2, 0.25) is 0 Å². The fraction of sp³-hybridized carbons (Fsp3) is 0.667. The number of carbonyl (C=O) groups is 1. The van der Waals surface area contributed by atoms with Crippen molar-refractivity contribution in [3.05, 3.63) is 18.0 Å². The van der Waals surface area contributed by atoms with Crippen molar-refractivity contribution < 1.29 is 9.90 Å². The van der Waals surface area contributed by atoms with Gasteiger partial charge in [-0.05, 0) is 25.8 Å². The van der Waals surface area contributed by atoms with Gasteiger partial charge in [0, 0.05) is 18.8 Å². The minimum Gasteiger partial charge on any atom is -0.480 e. The van der Waals surface area contributed by atoms with Crippen molar-refractivity contribution >= 4 is 5.97 Å². The number of aromatic nitrogens is 2. The second-order valence-electron chi connectivity index (χ2n) is 4.82. The van der Waals surface area contributed by atoms with Crippen molar-refractivity contribution in [1.82, 2.24) is 15.1 Å². The van der Waals surface area contributed by atoms with Gasteiger partial charge in [-0.2, -0.15) is 5.10 Å². The van der Waals surface area contributed by atoms with Crippen molar-refractivity contribution in [2.24, 2.45) is 5.92 Å². The third kappa shape index (κ3) is 3.85. The van der Waals surface area contributed by atoms with E-state index in [2.05, 4.69) is 24.3 Å². The highest BCUT2D eigenvalue weighted by Crippen LogP contribution is 2.06. The number of aliphatic carboxylic acids is 1. The molecule has 1 heterocycles. The lowest BCUT2D eigenvalue weighted by Crippen LogP contribution is -2.40. The quantitative estimate of drug-likeness (QED) is 0.792. The van der Waals surface area contributed by atoms with Crippen LogP contribution in [0.5, 0.6) is 0 Å². The number of carboxylic acids is 1. The van der Waals surface area contributed by atoms with E-state index in [0.29, 0.717) is 12.6 Å². The van der Waals surface area contributed by atoms with Gasteiger partial charge >= 0.3 is 5.97 Å². The third-order valence-corrected chi connectivity index (χ3v) is 2.63. The van der Waals surface area contributed by atoms with Gasteiger partial charge in [-0.15, -0.1) is 0 Å². The topological polar surface area (TPSA) is 67.2 Å². The minimum atomic E-state index is -0.816. The average molecular weight is 239 g/mol. The molecule has 17 heavy (non-hydrogen) atoms. The Hall–Kier alpha value is -1.36. The van der Waals surface area contributed by atoms with Gasteiger partial charge in [0.25, 0.3) is 0 Å². The van der Waals surface area contributed by atoms with E-state index < -0.39 is 12.0 Å². The Labute approximate surface area is 102 Å². The van der Waals surface area contributed by atoms with Crippen molar-refractivity contribution in [1.29, 1.82) is 0 Å². The first-order valence-corrected chi connectivity index (χ1v) is 5.92. The van der Waals surface area contributed by atoms with Gasteiger partial charge in [-0.25, -0.2) is 0 Å². The smallest absolute Gasteiger partial charge is 0.320 e. The molecule has 0 radical (unpaired) electrons. The van der Waals surface area contributed by atoms with E-state index in [-0.39, 0.29) is 5.92 Å². The second kappa shape index (κ2) is 5.82. The molecule has 96 valence electrons. The molecule has 0 spiro atoms. The van der Waals surface area contributed by atoms with Crippen LogP contribution >= 0.6 is 0 Å². The molecule has 0 saturated heterocycles. The molecule has 2 N–H and O–H groups in total. The Kier molecular flexibility index (Phi) is 4.69. The summed E-state index contributed by atoms with van der Waals surface area (Å²) < 4.78 is 1.86. The number of hydrogen-bond donors (Lipinski definition) is 2. The van der Waals surface area contributed by atoms with Crippen LogP contribution in [0, 0.1) is 5.92 Å². The van der Waals surface area contributed by atoms with Crippen LogP contribution in [0.1, 0.15) is 39.4 Å². The highest BCUT2D eigenvalue weighted by atomic mass is 16.4. The number of nitrogens with zero attached hydrogens (tertiary/aromatic N) is 2. The summed E-state index contributed by atoms with van der Waals surface area (Å²) in [5.74, 6) is -0.761. The molecule has 0 saturated carbocycles. The summed E-state index contributed by atoms with van der Waals surface area (Å²) in [7, 11) is 0. The molecule has 1 unspecified atom stereocenters. The van der Waals surface area contributed by atoms with Crippen LogP contribution in [-0.2, 0) is 11.3 Å². The summed E-state index contributed by atoms with van der Waals surface area (Å²) in [4.78, 5) is 11.0. The largest absolute Gasteiger partial charge is 0.480 e. The molecule has 5 heteroatoms. The monoisotopic (exact) mass is 239 g/mol. The lowest BCUT2D eigenvalue weighted by molar-refractivity contribution is -0.140. The van der Waals surface area contributed by atoms with E-state index in [9.17, 15) is 4.79 Å². The summed E-state index contributed by atoms with van der Waals surface area (Å²) in [6.07, 6.45) is 1.91. The summed E-state index contributed by atoms with van der Waals surface area (Å²) in [5, 5.41) is 16.4. The van der Waals surface area contributed by atoms with Gasteiger partial charge in [0.15, 0.2) is 0 Å². The lowest BCUT2D eigenvalue weighted by atomic mass is 10.0. The van der Waals surface area contributed by atoms with E-state index in [1.807, 2.05) is 30.8 Å². The van der Waals surface area contributed by atoms with E-state index in [1.54, 1.807) is 0 Å². The zero-order valence-corrected chi connectivity index (χ0v) is 10.8. The van der Waals surface area contributed by atoms with Gasteiger partial charge in [0.1, 0.15) is 6.04 Å². The number of nitrogens with one attached hydrogen (secondary N) is 1. The fourth-order valence-corrected chi connectivity index (χ4v) is 1.58. The first-order chi connectivity index (χ1) is 7.91. The molecule has 0 aliphatic carbocycles. The van der Waals surface area contributed by atoms with Crippen LogP contribution < -0.4 is 5.32 Å². The van der Waals surface area contributed by atoms with Gasteiger partial charge < -0.3 is 5.11 Å². The maximum atomic E-state index is 11.0. The molecule has 0 bridgehead atoms. The Bertz CT molecular complexity index is 372. The van der Waals surface area contributed by atoms with Crippen molar-refractivity contribution in [2.75, 3.05) is 0 Å². The zero-order chi connectivity index (χ0) is 13.0. The summed E-state index contributed by atoms with van der Waals surface area (Å²) in [6, 6.07) is 1.70. The first-order valence-electron chi connectivity index (χ1n) is 5.92. The average Bonchev–Trinajstić information content (AvgIpc) is 2.65. The number of carboxylic acid groups (broad SMARTS) is 1. The highest BCUT2D eigenvalue weighted by Gasteiger charge is 2.20. The van der Waals surface area contributed by atoms with Crippen LogP contribution in [0.4, 0.5) is 0 Å². The van der Waals surface area contributed by atoms with E-state index in [1.165, 1.54) is 0 Å². The molecule has 1 atom stereocenters. The lowest BCUT2D eigenvalue weighted by Gasteiger charge is -2.17. The zero-order valence-electron chi connectivity index (χ0n) is 10.8. The van der Waals surface area contributed by atoms with E-state index in [4.69, 9.17) is 5.11 Å². The maximum absolute atomic E-state index is 11.0. The predicted molar refractivity (Wildman–Crippen MR) is 65.7 cm³/mol. The first kappa shape index (κ1) is 13.7. The second-order valence-corrected chi connectivity index (χ2v) is 4.82. The van der Waals surface area contributed by atoms with E-state index in [0.717, 1.165) is 5.69 Å². The standard InChI is InChI=1S/C12H21N3O2/c1-8(2)11(12(16)17)13-7-10-5-6-15(14-10)9(3)4/h5-6,8-9,11,13H,7H2,1-4H3,(H,16,17). The van der Waals surface area contributed by atoms with Crippen LogP contribution in [0.2, 0.25) is 0 Å². The van der Waals surface area contributed by atoms with Crippen LogP contribution in [-0.4, -0.2) is 26.9 Å². The summed E-state index contributed by atoms with van der Waals surface area (Å²) in [5.41, 5.74) is 0.866. The predicted octanol–water partition coefficient (Wildman–Crippen LogP) is 1.66. The molecule has 0 aliphatic heterocycles. The minimum absolute atomic E-state index is 0.0553. The number of rotatable bonds is 6. The van der Waals surface area contributed by atoms with Crippen LogP contribution in [0.25, 0.3) is 0 Å². The molecular formula is C12H21N3O2. The molecule has 0 fully saturated rings. The van der Waals surface area contributed by atoms with Crippen LogP contribution in [0.15, 0.2) is 12.3 Å². The van der Waals surface area contributed by atoms with Crippen LogP contribution in [0.3, 0.4) is 0 Å². The molecular weight excluding hydrogens is 218 g/mol. The molecule has 1 aromatic rings. The van der Waals surface area contributed by atoms with Gasteiger partial charge in [-0.3, -0.25) is 14.8 Å². The highest BCUT2D eigenvalue weighted by molar-refractivity contribution is 5.73. The summed E-state index contributed by atoms with van der Waals surface area (Å²) >= 11 is 0. The molecule has 1 aromatic heterocycles. The molecule has 0 aromatic carbocycles. The van der Waals surface area contributed by atoms with Crippen molar-refractivity contribution in [3.63, 3.8) is 0 Å². The molecule has 0 aliphatic rings. The maximum Gasteiger partial charge on any atom is 0.320 e. The Morgan fingerprint density at radius 2 is 2.12 bits per heavy atom. The van der Waals surface area contributed by atoms with Crippen molar-refractivity contribution in [2.45, 2.75) is 46.3 Å². The normalized spacial score (nSPS) is 13.3. The van der Waals surface area contributed by atoms with Gasteiger partial charge in [0.05, 0.1) is 5.69 Å². The third-order valence-electron chi connectivity index (χ3n) is 2.63. The summed E-state index contributed by atoms with van der Waals surface area (Å²) in [6.45, 7) is 8.36. The Morgan fingerprint density at radius 1 is 1.47 bits per heavy atom. The fourth-order valence-electron chi connectivity index (χ4n) is 1.58. The SMILES string of the molecule is CC(C)C(NCc1ccn(C(C)C)n1)C(=O)O.